The Hall–Kier alpha value is -4.30. The average molecular weight is 517 g/mol. The molecule has 4 aromatic rings. The molecule has 9 heteroatoms. The van der Waals surface area contributed by atoms with E-state index in [4.69, 9.17) is 21.1 Å². The summed E-state index contributed by atoms with van der Waals surface area (Å²) in [7, 11) is 1.67. The van der Waals surface area contributed by atoms with Gasteiger partial charge in [0, 0.05) is 30.6 Å². The fourth-order valence-corrected chi connectivity index (χ4v) is 4.63. The number of nitrogens with one attached hydrogen (secondary N) is 1. The van der Waals surface area contributed by atoms with Gasteiger partial charge in [0.2, 0.25) is 18.6 Å². The zero-order valence-corrected chi connectivity index (χ0v) is 20.9. The monoisotopic (exact) mass is 516 g/mol. The Bertz CT molecular complexity index is 1480. The van der Waals surface area contributed by atoms with Crippen LogP contribution in [0.2, 0.25) is 5.02 Å². The molecular formula is C28H25ClN4O4. The maximum atomic E-state index is 13.6. The van der Waals surface area contributed by atoms with Crippen LogP contribution in [0.25, 0.3) is 17.0 Å². The minimum absolute atomic E-state index is 0.0863. The number of anilines is 1. The number of carbonyl (C=O) groups is 2. The van der Waals surface area contributed by atoms with Crippen LogP contribution in [0.1, 0.15) is 11.3 Å². The normalized spacial score (nSPS) is 12.8. The quantitative estimate of drug-likeness (QED) is 0.374. The molecule has 0 saturated heterocycles. The first-order valence-electron chi connectivity index (χ1n) is 11.7. The Labute approximate surface area is 219 Å². The van der Waals surface area contributed by atoms with Gasteiger partial charge in [-0.2, -0.15) is 5.10 Å². The van der Waals surface area contributed by atoms with E-state index >= 15 is 0 Å². The maximum Gasteiger partial charge on any atom is 0.249 e. The van der Waals surface area contributed by atoms with Crippen molar-refractivity contribution in [3.8, 4) is 11.5 Å². The maximum absolute atomic E-state index is 13.6. The minimum atomic E-state index is -0.811. The Kier molecular flexibility index (Phi) is 6.83. The number of halogens is 1. The molecule has 1 aliphatic heterocycles. The van der Waals surface area contributed by atoms with Gasteiger partial charge in [-0.05, 0) is 35.9 Å². The molecule has 37 heavy (non-hydrogen) atoms. The fourth-order valence-electron chi connectivity index (χ4n) is 4.36. The summed E-state index contributed by atoms with van der Waals surface area (Å²) >= 11 is 6.37. The number of fused-ring (bicyclic) bond motifs is 2. The number of nitrogens with zero attached hydrogens (tertiary/aromatic N) is 3. The summed E-state index contributed by atoms with van der Waals surface area (Å²) in [5.74, 6) is 0.580. The second-order valence-corrected chi connectivity index (χ2v) is 9.03. The van der Waals surface area contributed by atoms with Gasteiger partial charge in [0.15, 0.2) is 11.5 Å². The Morgan fingerprint density at radius 3 is 2.70 bits per heavy atom. The highest BCUT2D eigenvalue weighted by Gasteiger charge is 2.27. The number of carbonyl (C=O) groups excluding carboxylic acids is 2. The van der Waals surface area contributed by atoms with Crippen molar-refractivity contribution in [2.75, 3.05) is 18.7 Å². The van der Waals surface area contributed by atoms with Gasteiger partial charge >= 0.3 is 0 Å². The van der Waals surface area contributed by atoms with E-state index in [-0.39, 0.29) is 25.2 Å². The van der Waals surface area contributed by atoms with E-state index in [1.807, 2.05) is 36.4 Å². The van der Waals surface area contributed by atoms with E-state index in [0.29, 0.717) is 39.8 Å². The first kappa shape index (κ1) is 24.4. The molecule has 0 bridgehead atoms. The van der Waals surface area contributed by atoms with E-state index in [9.17, 15) is 9.59 Å². The number of ether oxygens (including phenoxy) is 2. The third kappa shape index (κ3) is 5.01. The van der Waals surface area contributed by atoms with Gasteiger partial charge in [-0.25, -0.2) is 0 Å². The Balaban J connectivity index is 1.39. The molecular weight excluding hydrogens is 492 g/mol. The third-order valence-electron chi connectivity index (χ3n) is 6.23. The summed E-state index contributed by atoms with van der Waals surface area (Å²) in [4.78, 5) is 28.4. The highest BCUT2D eigenvalue weighted by molar-refractivity contribution is 6.35. The molecule has 1 N–H and O–H groups in total. The number of benzene rings is 3. The Morgan fingerprint density at radius 2 is 1.92 bits per heavy atom. The number of aromatic nitrogens is 2. The molecule has 0 saturated carbocycles. The zero-order valence-electron chi connectivity index (χ0n) is 20.2. The van der Waals surface area contributed by atoms with E-state index in [0.717, 1.165) is 10.9 Å². The summed E-state index contributed by atoms with van der Waals surface area (Å²) in [5.41, 5.74) is 2.85. The van der Waals surface area contributed by atoms with Crippen LogP contribution >= 0.6 is 11.6 Å². The van der Waals surface area contributed by atoms with Crippen molar-refractivity contribution in [1.29, 1.82) is 0 Å². The van der Waals surface area contributed by atoms with Crippen LogP contribution in [0, 0.1) is 0 Å². The lowest BCUT2D eigenvalue weighted by molar-refractivity contribution is -0.127. The number of hydrogen-bond acceptors (Lipinski definition) is 5. The number of hydrogen-bond donors (Lipinski definition) is 1. The highest BCUT2D eigenvalue weighted by atomic mass is 35.5. The SMILES string of the molecule is C=Cc1nn(CC(=O)N[C@@H](Cc2ccccc2)C(=O)N(C)c2ccc3c(c2)OCO3)c2cccc(Cl)c12. The molecule has 3 aromatic carbocycles. The largest absolute Gasteiger partial charge is 0.454 e. The van der Waals surface area contributed by atoms with Gasteiger partial charge in [-0.3, -0.25) is 14.3 Å². The Morgan fingerprint density at radius 1 is 1.14 bits per heavy atom. The molecule has 8 nitrogen and oxygen atoms in total. The van der Waals surface area contributed by atoms with Crippen LogP contribution in [0.15, 0.2) is 73.3 Å². The van der Waals surface area contributed by atoms with Crippen LogP contribution < -0.4 is 19.7 Å². The molecule has 0 unspecified atom stereocenters. The summed E-state index contributed by atoms with van der Waals surface area (Å²) < 4.78 is 12.4. The molecule has 0 radical (unpaired) electrons. The van der Waals surface area contributed by atoms with Crippen molar-refractivity contribution < 1.29 is 19.1 Å². The van der Waals surface area contributed by atoms with Gasteiger partial charge in [0.05, 0.1) is 16.2 Å². The molecule has 0 fully saturated rings. The highest BCUT2D eigenvalue weighted by Crippen LogP contribution is 2.35. The first-order chi connectivity index (χ1) is 17.9. The van der Waals surface area contributed by atoms with Gasteiger partial charge in [0.25, 0.3) is 0 Å². The van der Waals surface area contributed by atoms with Gasteiger partial charge in [-0.15, -0.1) is 0 Å². The van der Waals surface area contributed by atoms with Crippen molar-refractivity contribution >= 4 is 46.1 Å². The number of rotatable bonds is 8. The molecule has 2 heterocycles. The lowest BCUT2D eigenvalue weighted by atomic mass is 10.0. The standard InChI is InChI=1S/C28H25ClN4O4/c1-3-21-27-20(29)10-7-11-23(27)33(31-21)16-26(34)30-22(14-18-8-5-4-6-9-18)28(35)32(2)19-12-13-24-25(15-19)37-17-36-24/h3-13,15,22H,1,14,16-17H2,2H3,(H,30,34)/t22-/m0/s1. The van der Waals surface area contributed by atoms with Crippen molar-refractivity contribution in [2.45, 2.75) is 19.0 Å². The number of amides is 2. The topological polar surface area (TPSA) is 85.7 Å². The lowest BCUT2D eigenvalue weighted by Crippen LogP contribution is -2.49. The van der Waals surface area contributed by atoms with Crippen LogP contribution in [0.5, 0.6) is 11.5 Å². The first-order valence-corrected chi connectivity index (χ1v) is 12.1. The summed E-state index contributed by atoms with van der Waals surface area (Å²) in [5, 5.41) is 8.67. The lowest BCUT2D eigenvalue weighted by Gasteiger charge is -2.25. The molecule has 5 rings (SSSR count). The van der Waals surface area contributed by atoms with E-state index in [1.165, 1.54) is 4.90 Å². The smallest absolute Gasteiger partial charge is 0.249 e. The molecule has 2 amide bonds. The predicted octanol–water partition coefficient (Wildman–Crippen LogP) is 4.45. The van der Waals surface area contributed by atoms with Gasteiger partial charge < -0.3 is 19.7 Å². The molecule has 0 aliphatic carbocycles. The van der Waals surface area contributed by atoms with Crippen molar-refractivity contribution in [2.24, 2.45) is 0 Å². The third-order valence-corrected chi connectivity index (χ3v) is 6.55. The average Bonchev–Trinajstić information content (AvgIpc) is 3.52. The van der Waals surface area contributed by atoms with Crippen LogP contribution in [-0.2, 0) is 22.6 Å². The molecule has 0 spiro atoms. The zero-order chi connectivity index (χ0) is 25.9. The van der Waals surface area contributed by atoms with E-state index < -0.39 is 6.04 Å². The second-order valence-electron chi connectivity index (χ2n) is 8.63. The van der Waals surface area contributed by atoms with Gasteiger partial charge in [0.1, 0.15) is 12.6 Å². The summed E-state index contributed by atoms with van der Waals surface area (Å²) in [6.07, 6.45) is 1.93. The van der Waals surface area contributed by atoms with Gasteiger partial charge in [-0.1, -0.05) is 54.6 Å². The number of likely N-dealkylation sites (N-methyl/N-ethyl adjacent to an activating group) is 1. The molecule has 1 aromatic heterocycles. The summed E-state index contributed by atoms with van der Waals surface area (Å²) in [6.45, 7) is 3.86. The summed E-state index contributed by atoms with van der Waals surface area (Å²) in [6, 6.07) is 19.4. The van der Waals surface area contributed by atoms with Crippen molar-refractivity contribution in [1.82, 2.24) is 15.1 Å². The van der Waals surface area contributed by atoms with Crippen LogP contribution in [0.3, 0.4) is 0 Å². The molecule has 1 aliphatic rings. The van der Waals surface area contributed by atoms with Crippen molar-refractivity contribution in [3.05, 3.63) is 89.6 Å². The fraction of sp³-hybridized carbons (Fsp3) is 0.179. The van der Waals surface area contributed by atoms with Crippen LogP contribution in [0.4, 0.5) is 5.69 Å². The van der Waals surface area contributed by atoms with Crippen LogP contribution in [-0.4, -0.2) is 41.5 Å². The van der Waals surface area contributed by atoms with E-state index in [2.05, 4.69) is 17.0 Å². The molecule has 1 atom stereocenters. The minimum Gasteiger partial charge on any atom is -0.454 e. The second kappa shape index (κ2) is 10.4. The van der Waals surface area contributed by atoms with Crippen molar-refractivity contribution in [3.63, 3.8) is 0 Å². The van der Waals surface area contributed by atoms with E-state index in [1.54, 1.807) is 48.1 Å². The predicted molar refractivity (Wildman–Crippen MR) is 143 cm³/mol. The molecule has 188 valence electrons.